The van der Waals surface area contributed by atoms with Gasteiger partial charge in [-0.05, 0) is 55.9 Å². The molecule has 1 aliphatic heterocycles. The molecule has 2 nitrogen and oxygen atoms in total. The van der Waals surface area contributed by atoms with E-state index in [1.54, 1.807) is 0 Å². The van der Waals surface area contributed by atoms with Crippen LogP contribution in [0, 0.1) is 24.4 Å². The summed E-state index contributed by atoms with van der Waals surface area (Å²) in [5.41, 5.74) is 0. The van der Waals surface area contributed by atoms with E-state index in [4.69, 9.17) is 5.11 Å². The molecular formula is C12H23NOS. The van der Waals surface area contributed by atoms with Crippen molar-refractivity contribution in [1.29, 1.82) is 0 Å². The van der Waals surface area contributed by atoms with Crippen LogP contribution in [0.5, 0.6) is 0 Å². The Morgan fingerprint density at radius 2 is 2.33 bits per heavy atom. The molecule has 0 bridgehead atoms. The maximum Gasteiger partial charge on any atom is 0.131 e. The van der Waals surface area contributed by atoms with Gasteiger partial charge in [0.15, 0.2) is 0 Å². The number of hydrogen-bond donors (Lipinski definition) is 3. The molecule has 0 aromatic heterocycles. The molecule has 0 aromatic rings. The van der Waals surface area contributed by atoms with E-state index in [9.17, 15) is 0 Å². The first kappa shape index (κ1) is 13.3. The van der Waals surface area contributed by atoms with Crippen LogP contribution < -0.4 is 5.32 Å². The quantitative estimate of drug-likeness (QED) is 0.482. The molecular weight excluding hydrogens is 206 g/mol. The largest absolute Gasteiger partial charge is 0.383 e. The molecule has 0 amide bonds. The standard InChI is InChI=1S/C12H23NOS/c1-10(9-14)12-5-6-13-8-11(12)4-2-3-7-15/h10-15H,2-8H2,1H3. The molecule has 1 saturated heterocycles. The summed E-state index contributed by atoms with van der Waals surface area (Å²) >= 11 is 4.23. The zero-order valence-electron chi connectivity index (χ0n) is 9.58. The third kappa shape index (κ3) is 4.33. The van der Waals surface area contributed by atoms with Crippen molar-refractivity contribution in [3.63, 3.8) is 0 Å². The second kappa shape index (κ2) is 7.53. The van der Waals surface area contributed by atoms with Gasteiger partial charge in [0.25, 0.3) is 0 Å². The van der Waals surface area contributed by atoms with E-state index < -0.39 is 0 Å². The molecule has 88 valence electrons. The summed E-state index contributed by atoms with van der Waals surface area (Å²) in [5.74, 6) is 2.51. The second-order valence-corrected chi connectivity index (χ2v) is 5.00. The maximum absolute atomic E-state index is 8.99. The molecule has 1 fully saturated rings. The summed E-state index contributed by atoms with van der Waals surface area (Å²) in [4.78, 5) is 0. The van der Waals surface area contributed by atoms with Gasteiger partial charge in [0.05, 0.1) is 0 Å². The number of aliphatic hydroxyl groups is 1. The Hall–Kier alpha value is 0.270. The van der Waals surface area contributed by atoms with E-state index in [1.165, 1.54) is 25.7 Å². The molecule has 3 heteroatoms. The first-order chi connectivity index (χ1) is 7.29. The summed E-state index contributed by atoms with van der Waals surface area (Å²) in [6.07, 6.45) is 4.88. The van der Waals surface area contributed by atoms with Crippen LogP contribution in [0.25, 0.3) is 0 Å². The van der Waals surface area contributed by atoms with Crippen molar-refractivity contribution < 1.29 is 5.11 Å². The maximum atomic E-state index is 8.99. The molecule has 2 radical (unpaired) electrons. The number of piperidine rings is 1. The summed E-state index contributed by atoms with van der Waals surface area (Å²) in [6, 6.07) is 0. The van der Waals surface area contributed by atoms with Gasteiger partial charge in [-0.3, -0.25) is 0 Å². The molecule has 0 saturated carbocycles. The molecule has 3 atom stereocenters. The summed E-state index contributed by atoms with van der Waals surface area (Å²) < 4.78 is 0. The van der Waals surface area contributed by atoms with Crippen molar-refractivity contribution in [2.75, 3.05) is 18.8 Å². The van der Waals surface area contributed by atoms with Crippen molar-refractivity contribution in [1.82, 2.24) is 5.32 Å². The smallest absolute Gasteiger partial charge is 0.131 e. The Morgan fingerprint density at radius 3 is 3.00 bits per heavy atom. The lowest BCUT2D eigenvalue weighted by Gasteiger charge is -2.35. The van der Waals surface area contributed by atoms with Gasteiger partial charge in [-0.15, -0.1) is 0 Å². The number of thiol groups is 1. The fraction of sp³-hybridized carbons (Fsp3) is 0.917. The van der Waals surface area contributed by atoms with Gasteiger partial charge in [-0.25, -0.2) is 0 Å². The lowest BCUT2D eigenvalue weighted by atomic mass is 9.76. The summed E-state index contributed by atoms with van der Waals surface area (Å²) in [6.45, 7) is 6.67. The third-order valence-electron chi connectivity index (χ3n) is 3.50. The minimum atomic E-state index is 0.216. The average Bonchev–Trinajstić information content (AvgIpc) is 2.29. The van der Waals surface area contributed by atoms with E-state index in [1.807, 2.05) is 0 Å². The number of rotatable bonds is 6. The van der Waals surface area contributed by atoms with Crippen LogP contribution in [0.2, 0.25) is 0 Å². The van der Waals surface area contributed by atoms with E-state index in [2.05, 4.69) is 31.5 Å². The number of aliphatic hydroxyl groups excluding tert-OH is 1. The molecule has 0 spiro atoms. The van der Waals surface area contributed by atoms with Crippen molar-refractivity contribution >= 4 is 12.6 Å². The van der Waals surface area contributed by atoms with Crippen LogP contribution in [-0.2, 0) is 0 Å². The Bertz CT molecular complexity index is 166. The topological polar surface area (TPSA) is 32.3 Å². The minimum Gasteiger partial charge on any atom is -0.383 e. The molecule has 1 rings (SSSR count). The van der Waals surface area contributed by atoms with Crippen molar-refractivity contribution in [2.24, 2.45) is 17.8 Å². The molecule has 1 aliphatic rings. The normalized spacial score (nSPS) is 29.0. The highest BCUT2D eigenvalue weighted by molar-refractivity contribution is 7.80. The van der Waals surface area contributed by atoms with E-state index in [0.717, 1.165) is 18.8 Å². The Balaban J connectivity index is 2.35. The van der Waals surface area contributed by atoms with Crippen molar-refractivity contribution in [3.8, 4) is 0 Å². The first-order valence-corrected chi connectivity index (χ1v) is 6.64. The summed E-state index contributed by atoms with van der Waals surface area (Å²) in [5, 5.41) is 12.4. The number of hydrogen-bond acceptors (Lipinski definition) is 3. The highest BCUT2D eigenvalue weighted by Crippen LogP contribution is 2.31. The van der Waals surface area contributed by atoms with Crippen LogP contribution >= 0.6 is 12.6 Å². The van der Waals surface area contributed by atoms with Gasteiger partial charge in [0.1, 0.15) is 6.61 Å². The van der Waals surface area contributed by atoms with Gasteiger partial charge < -0.3 is 10.4 Å². The van der Waals surface area contributed by atoms with Crippen LogP contribution in [0.3, 0.4) is 0 Å². The second-order valence-electron chi connectivity index (χ2n) is 4.55. The van der Waals surface area contributed by atoms with Gasteiger partial charge in [0.2, 0.25) is 0 Å². The lowest BCUT2D eigenvalue weighted by Crippen LogP contribution is -2.39. The Kier molecular flexibility index (Phi) is 6.69. The fourth-order valence-corrected chi connectivity index (χ4v) is 2.76. The summed E-state index contributed by atoms with van der Waals surface area (Å²) in [7, 11) is 0. The molecule has 15 heavy (non-hydrogen) atoms. The zero-order valence-corrected chi connectivity index (χ0v) is 10.5. The predicted octanol–water partition coefficient (Wildman–Crippen LogP) is 2.36. The van der Waals surface area contributed by atoms with Gasteiger partial charge in [0, 0.05) is 0 Å². The predicted molar refractivity (Wildman–Crippen MR) is 66.5 cm³/mol. The first-order valence-electron chi connectivity index (χ1n) is 6.00. The molecule has 2 N–H and O–H groups in total. The van der Waals surface area contributed by atoms with Gasteiger partial charge >= 0.3 is 0 Å². The zero-order chi connectivity index (χ0) is 11.1. The van der Waals surface area contributed by atoms with Crippen LogP contribution in [0.15, 0.2) is 0 Å². The Labute approximate surface area is 99.2 Å². The van der Waals surface area contributed by atoms with E-state index in [-0.39, 0.29) is 5.92 Å². The Morgan fingerprint density at radius 1 is 1.53 bits per heavy atom. The molecule has 3 unspecified atom stereocenters. The fourth-order valence-electron chi connectivity index (χ4n) is 2.53. The number of unbranched alkanes of at least 4 members (excludes halogenated alkanes) is 1. The lowest BCUT2D eigenvalue weighted by molar-refractivity contribution is 0.153. The number of nitrogens with one attached hydrogen (secondary N) is 1. The monoisotopic (exact) mass is 229 g/mol. The molecule has 1 heterocycles. The van der Waals surface area contributed by atoms with Gasteiger partial charge in [-0.2, -0.15) is 12.6 Å². The van der Waals surface area contributed by atoms with Crippen LogP contribution in [0.4, 0.5) is 0 Å². The van der Waals surface area contributed by atoms with Crippen LogP contribution in [-0.4, -0.2) is 23.9 Å². The highest BCUT2D eigenvalue weighted by atomic mass is 32.1. The average molecular weight is 229 g/mol. The van der Waals surface area contributed by atoms with E-state index in [0.29, 0.717) is 11.8 Å². The molecule has 0 aromatic carbocycles. The highest BCUT2D eigenvalue weighted by Gasteiger charge is 2.28. The minimum absolute atomic E-state index is 0.216. The van der Waals surface area contributed by atoms with Gasteiger partial charge in [-0.1, -0.05) is 13.3 Å². The third-order valence-corrected chi connectivity index (χ3v) is 3.81. The van der Waals surface area contributed by atoms with Crippen LogP contribution in [0.1, 0.15) is 32.6 Å². The van der Waals surface area contributed by atoms with Crippen molar-refractivity contribution in [2.45, 2.75) is 32.6 Å². The SMILES string of the molecule is CC([C]O)C1CCNCC1CCCCS. The van der Waals surface area contributed by atoms with E-state index >= 15 is 0 Å². The molecule has 0 aliphatic carbocycles. The van der Waals surface area contributed by atoms with Crippen molar-refractivity contribution in [3.05, 3.63) is 6.61 Å².